The highest BCUT2D eigenvalue weighted by atomic mass is 28.4. The van der Waals surface area contributed by atoms with E-state index in [1.807, 2.05) is 25.2 Å². The summed E-state index contributed by atoms with van der Waals surface area (Å²) in [7, 11) is -2.42. The van der Waals surface area contributed by atoms with Crippen molar-refractivity contribution in [2.24, 2.45) is 0 Å². The van der Waals surface area contributed by atoms with Gasteiger partial charge in [0.2, 0.25) is 0 Å². The van der Waals surface area contributed by atoms with Crippen molar-refractivity contribution in [3.63, 3.8) is 0 Å². The molecule has 2 aromatic rings. The molecule has 0 fully saturated rings. The zero-order valence-electron chi connectivity index (χ0n) is 27.0. The van der Waals surface area contributed by atoms with Crippen LogP contribution in [0.5, 0.6) is 0 Å². The van der Waals surface area contributed by atoms with E-state index in [2.05, 4.69) is 31.5 Å². The number of carbonyl (C=O) groups is 4. The molecule has 12 heteroatoms. The molecule has 2 atom stereocenters. The summed E-state index contributed by atoms with van der Waals surface area (Å²) in [6.45, 7) is 15.4. The molecule has 242 valence electrons. The molecule has 2 unspecified atom stereocenters. The fraction of sp³-hybridized carbons (Fsp3) is 0.500. The first-order valence-corrected chi connectivity index (χ1v) is 17.5. The second-order valence-electron chi connectivity index (χ2n) is 12.9. The van der Waals surface area contributed by atoms with Crippen LogP contribution in [0.2, 0.25) is 18.1 Å². The monoisotopic (exact) mass is 629 g/mol. The minimum Gasteiger partial charge on any atom is -0.444 e. The lowest BCUT2D eigenvalue weighted by molar-refractivity contribution is -0.114. The number of hydrogen-bond donors (Lipinski definition) is 2. The molecule has 44 heavy (non-hydrogen) atoms. The third-order valence-corrected chi connectivity index (χ3v) is 11.5. The lowest BCUT2D eigenvalue weighted by Crippen LogP contribution is -2.55. The first-order chi connectivity index (χ1) is 20.5. The Kier molecular flexibility index (Phi) is 13.4. The van der Waals surface area contributed by atoms with Crippen molar-refractivity contribution in [2.45, 2.75) is 97.1 Å². The quantitative estimate of drug-likeness (QED) is 0.120. The van der Waals surface area contributed by atoms with E-state index in [0.717, 1.165) is 16.1 Å². The van der Waals surface area contributed by atoms with Crippen LogP contribution in [0.25, 0.3) is 0 Å². The van der Waals surface area contributed by atoms with E-state index in [1.54, 1.807) is 69.3 Å². The Morgan fingerprint density at radius 2 is 1.36 bits per heavy atom. The van der Waals surface area contributed by atoms with Gasteiger partial charge in [0.25, 0.3) is 0 Å². The number of benzene rings is 2. The molecule has 2 aromatic carbocycles. The Hall–Kier alpha value is -3.90. The van der Waals surface area contributed by atoms with Crippen LogP contribution >= 0.6 is 0 Å². The van der Waals surface area contributed by atoms with Crippen molar-refractivity contribution in [3.8, 4) is 0 Å². The number of hydrazine groups is 1. The van der Waals surface area contributed by atoms with Gasteiger partial charge in [-0.1, -0.05) is 81.4 Å². The van der Waals surface area contributed by atoms with Crippen molar-refractivity contribution in [3.05, 3.63) is 71.8 Å². The van der Waals surface area contributed by atoms with Crippen LogP contribution in [-0.2, 0) is 36.6 Å². The summed E-state index contributed by atoms with van der Waals surface area (Å²) in [6.07, 6.45) is -2.82. The summed E-state index contributed by atoms with van der Waals surface area (Å²) in [5, 5.41) is 3.32. The van der Waals surface area contributed by atoms with Gasteiger partial charge in [0.1, 0.15) is 31.1 Å². The number of nitrogens with zero attached hydrogens (tertiary/aromatic N) is 1. The zero-order valence-corrected chi connectivity index (χ0v) is 28.0. The standard InChI is InChI=1S/C32H47N3O8Si/c1-31(2,3)42-28(37)33-20-27(43-44(7,8)32(4,5)6)19-26(21-36)35(30(39)41-23-25-17-13-10-14-18-25)34-29(38)40-22-24-15-11-9-12-16-24/h9-18,21,26-27H,19-20,22-23H2,1-8H3,(H,33,37)(H,34,38). The molecule has 0 heterocycles. The van der Waals surface area contributed by atoms with Gasteiger partial charge in [0.05, 0.1) is 6.10 Å². The lowest BCUT2D eigenvalue weighted by atomic mass is 10.1. The Balaban J connectivity index is 2.29. The molecule has 0 aliphatic heterocycles. The number of alkyl carbamates (subject to hydrolysis) is 1. The van der Waals surface area contributed by atoms with Gasteiger partial charge >= 0.3 is 18.3 Å². The molecule has 0 spiro atoms. The first kappa shape index (κ1) is 36.3. The summed E-state index contributed by atoms with van der Waals surface area (Å²) in [5.41, 5.74) is 3.12. The van der Waals surface area contributed by atoms with Crippen molar-refractivity contribution < 1.29 is 37.8 Å². The Bertz CT molecular complexity index is 1210. The van der Waals surface area contributed by atoms with E-state index >= 15 is 0 Å². The van der Waals surface area contributed by atoms with Crippen LogP contribution in [0.15, 0.2) is 60.7 Å². The van der Waals surface area contributed by atoms with E-state index in [-0.39, 0.29) is 31.2 Å². The third kappa shape index (κ3) is 12.8. The van der Waals surface area contributed by atoms with Gasteiger partial charge in [-0.05, 0) is 50.0 Å². The van der Waals surface area contributed by atoms with E-state index in [0.29, 0.717) is 6.29 Å². The molecule has 0 radical (unpaired) electrons. The Morgan fingerprint density at radius 1 is 0.841 bits per heavy atom. The molecule has 2 rings (SSSR count). The molecular weight excluding hydrogens is 582 g/mol. The van der Waals surface area contributed by atoms with Gasteiger partial charge in [0.15, 0.2) is 8.32 Å². The van der Waals surface area contributed by atoms with Crippen LogP contribution < -0.4 is 10.7 Å². The Morgan fingerprint density at radius 3 is 1.84 bits per heavy atom. The van der Waals surface area contributed by atoms with Crippen LogP contribution in [-0.4, -0.2) is 62.2 Å². The van der Waals surface area contributed by atoms with Crippen LogP contribution in [0.4, 0.5) is 14.4 Å². The van der Waals surface area contributed by atoms with E-state index in [1.165, 1.54) is 0 Å². The van der Waals surface area contributed by atoms with Gasteiger partial charge < -0.3 is 28.7 Å². The molecule has 0 bridgehead atoms. The molecule has 2 N–H and O–H groups in total. The maximum absolute atomic E-state index is 13.3. The number of carbonyl (C=O) groups excluding carboxylic acids is 4. The molecule has 0 aliphatic rings. The van der Waals surface area contributed by atoms with Crippen molar-refractivity contribution in [1.29, 1.82) is 0 Å². The minimum atomic E-state index is -2.42. The fourth-order valence-corrected chi connectivity index (χ4v) is 5.04. The second kappa shape index (κ2) is 16.2. The average Bonchev–Trinajstić information content (AvgIpc) is 2.94. The molecule has 11 nitrogen and oxygen atoms in total. The van der Waals surface area contributed by atoms with E-state index < -0.39 is 44.3 Å². The number of hydrogen-bond acceptors (Lipinski definition) is 8. The van der Waals surface area contributed by atoms with Gasteiger partial charge in [-0.2, -0.15) is 0 Å². The van der Waals surface area contributed by atoms with Gasteiger partial charge in [0, 0.05) is 13.0 Å². The van der Waals surface area contributed by atoms with E-state index in [9.17, 15) is 19.2 Å². The number of aldehydes is 1. The molecule has 0 saturated carbocycles. The predicted molar refractivity (Wildman–Crippen MR) is 169 cm³/mol. The van der Waals surface area contributed by atoms with Gasteiger partial charge in [-0.3, -0.25) is 0 Å². The van der Waals surface area contributed by atoms with Crippen molar-refractivity contribution in [2.75, 3.05) is 6.54 Å². The summed E-state index contributed by atoms with van der Waals surface area (Å²) in [5.74, 6) is 0. The number of ether oxygens (including phenoxy) is 3. The smallest absolute Gasteiger partial charge is 0.429 e. The van der Waals surface area contributed by atoms with Crippen LogP contribution in [0, 0.1) is 0 Å². The highest BCUT2D eigenvalue weighted by Gasteiger charge is 2.41. The summed E-state index contributed by atoms with van der Waals surface area (Å²) < 4.78 is 22.7. The normalized spacial score (nSPS) is 13.2. The SMILES string of the molecule is CC(C)(C)OC(=O)NCC(CC(C=O)N(NC(=O)OCc1ccccc1)C(=O)OCc1ccccc1)O[Si](C)(C)C(C)(C)C. The molecule has 0 saturated heterocycles. The number of rotatable bonds is 12. The second-order valence-corrected chi connectivity index (χ2v) is 17.7. The third-order valence-electron chi connectivity index (χ3n) is 6.96. The molecular formula is C32H47N3O8Si. The topological polar surface area (TPSA) is 133 Å². The number of nitrogens with one attached hydrogen (secondary N) is 2. The molecule has 0 aliphatic carbocycles. The highest BCUT2D eigenvalue weighted by Crippen LogP contribution is 2.37. The number of amides is 3. The Labute approximate surface area is 261 Å². The van der Waals surface area contributed by atoms with Crippen molar-refractivity contribution in [1.82, 2.24) is 15.8 Å². The predicted octanol–water partition coefficient (Wildman–Crippen LogP) is 6.34. The van der Waals surface area contributed by atoms with Gasteiger partial charge in [-0.25, -0.2) is 24.8 Å². The minimum absolute atomic E-state index is 0.00286. The zero-order chi connectivity index (χ0) is 33.0. The average molecular weight is 630 g/mol. The first-order valence-electron chi connectivity index (χ1n) is 14.6. The fourth-order valence-electron chi connectivity index (χ4n) is 3.68. The van der Waals surface area contributed by atoms with E-state index in [4.69, 9.17) is 18.6 Å². The molecule has 0 aromatic heterocycles. The van der Waals surface area contributed by atoms with Crippen LogP contribution in [0.3, 0.4) is 0 Å². The van der Waals surface area contributed by atoms with Crippen molar-refractivity contribution >= 4 is 32.9 Å². The highest BCUT2D eigenvalue weighted by molar-refractivity contribution is 6.74. The summed E-state index contributed by atoms with van der Waals surface area (Å²) in [6, 6.07) is 16.8. The summed E-state index contributed by atoms with van der Waals surface area (Å²) >= 11 is 0. The maximum Gasteiger partial charge on any atom is 0.429 e. The maximum atomic E-state index is 13.3. The lowest BCUT2D eigenvalue weighted by Gasteiger charge is -2.40. The molecule has 3 amide bonds. The largest absolute Gasteiger partial charge is 0.444 e. The summed E-state index contributed by atoms with van der Waals surface area (Å²) in [4.78, 5) is 51.1. The van der Waals surface area contributed by atoms with Gasteiger partial charge in [-0.15, -0.1) is 0 Å². The van der Waals surface area contributed by atoms with Crippen LogP contribution in [0.1, 0.15) is 59.1 Å².